The van der Waals surface area contributed by atoms with Crippen LogP contribution in [-0.2, 0) is 11.2 Å². The summed E-state index contributed by atoms with van der Waals surface area (Å²) in [5.74, 6) is 0.259. The first-order chi connectivity index (χ1) is 13.1. The molecule has 1 saturated heterocycles. The van der Waals surface area contributed by atoms with Gasteiger partial charge in [-0.25, -0.2) is 0 Å². The molecule has 0 aliphatic carbocycles. The Labute approximate surface area is 161 Å². The van der Waals surface area contributed by atoms with Crippen molar-refractivity contribution in [1.29, 1.82) is 0 Å². The molecule has 4 heteroatoms. The van der Waals surface area contributed by atoms with Gasteiger partial charge in [0.15, 0.2) is 0 Å². The standard InChI is InChI=1S/C23H28N2O2/c1-24(2)21-13-7-6-12-20(21)23(27)25-16-8-11-19(17-25)22(26)15-14-18-9-4-3-5-10-18/h3-7,9-10,12-13,19H,8,11,14-17H2,1-2H3. The first-order valence-corrected chi connectivity index (χ1v) is 9.68. The van der Waals surface area contributed by atoms with E-state index in [0.717, 1.165) is 31.5 Å². The SMILES string of the molecule is CN(C)c1ccccc1C(=O)N1CCCC(C(=O)CCc2ccccc2)C1. The fourth-order valence-electron chi connectivity index (χ4n) is 3.76. The monoisotopic (exact) mass is 364 g/mol. The Hall–Kier alpha value is -2.62. The van der Waals surface area contributed by atoms with Crippen LogP contribution in [-0.4, -0.2) is 43.8 Å². The molecule has 1 aliphatic rings. The van der Waals surface area contributed by atoms with Crippen LogP contribution in [0.2, 0.25) is 0 Å². The number of hydrogen-bond acceptors (Lipinski definition) is 3. The lowest BCUT2D eigenvalue weighted by atomic mass is 9.90. The van der Waals surface area contributed by atoms with E-state index in [2.05, 4.69) is 12.1 Å². The molecular formula is C23H28N2O2. The highest BCUT2D eigenvalue weighted by molar-refractivity contribution is 6.00. The number of Topliss-reactive ketones (excluding diaryl/α,β-unsaturated/α-hetero) is 1. The molecule has 0 radical (unpaired) electrons. The van der Waals surface area contributed by atoms with Gasteiger partial charge in [-0.3, -0.25) is 9.59 Å². The van der Waals surface area contributed by atoms with Crippen molar-refractivity contribution in [1.82, 2.24) is 4.90 Å². The molecule has 1 fully saturated rings. The summed E-state index contributed by atoms with van der Waals surface area (Å²) in [5.41, 5.74) is 2.81. The predicted molar refractivity (Wildman–Crippen MR) is 109 cm³/mol. The van der Waals surface area contributed by atoms with Crippen molar-refractivity contribution in [2.24, 2.45) is 5.92 Å². The number of rotatable bonds is 6. The summed E-state index contributed by atoms with van der Waals surface area (Å²) < 4.78 is 0. The smallest absolute Gasteiger partial charge is 0.255 e. The fourth-order valence-corrected chi connectivity index (χ4v) is 3.76. The van der Waals surface area contributed by atoms with E-state index in [0.29, 0.717) is 18.5 Å². The van der Waals surface area contributed by atoms with Crippen LogP contribution in [0.3, 0.4) is 0 Å². The summed E-state index contributed by atoms with van der Waals surface area (Å²) in [6.45, 7) is 1.26. The van der Waals surface area contributed by atoms with Crippen molar-refractivity contribution in [2.45, 2.75) is 25.7 Å². The van der Waals surface area contributed by atoms with Gasteiger partial charge in [-0.1, -0.05) is 42.5 Å². The molecular weight excluding hydrogens is 336 g/mol. The van der Waals surface area contributed by atoms with Crippen molar-refractivity contribution in [3.8, 4) is 0 Å². The molecule has 1 aliphatic heterocycles. The normalized spacial score (nSPS) is 16.8. The Morgan fingerprint density at radius 2 is 1.74 bits per heavy atom. The Morgan fingerprint density at radius 1 is 1.04 bits per heavy atom. The molecule has 2 aromatic carbocycles. The summed E-state index contributed by atoms with van der Waals surface area (Å²) in [6, 6.07) is 17.8. The van der Waals surface area contributed by atoms with Crippen LogP contribution in [0.5, 0.6) is 0 Å². The second-order valence-electron chi connectivity index (χ2n) is 7.45. The highest BCUT2D eigenvalue weighted by atomic mass is 16.2. The average molecular weight is 364 g/mol. The molecule has 1 atom stereocenters. The molecule has 3 rings (SSSR count). The number of likely N-dealkylation sites (tertiary alicyclic amines) is 1. The second kappa shape index (κ2) is 8.85. The number of para-hydroxylation sites is 1. The number of nitrogens with zero attached hydrogens (tertiary/aromatic N) is 2. The van der Waals surface area contributed by atoms with Crippen molar-refractivity contribution in [3.05, 3.63) is 65.7 Å². The first-order valence-electron chi connectivity index (χ1n) is 9.68. The third kappa shape index (κ3) is 4.76. The molecule has 0 aromatic heterocycles. The van der Waals surface area contributed by atoms with E-state index in [9.17, 15) is 9.59 Å². The van der Waals surface area contributed by atoms with Crippen molar-refractivity contribution in [2.75, 3.05) is 32.1 Å². The minimum atomic E-state index is -0.0436. The van der Waals surface area contributed by atoms with E-state index >= 15 is 0 Å². The van der Waals surface area contributed by atoms with Crippen LogP contribution < -0.4 is 4.90 Å². The van der Waals surface area contributed by atoms with Gasteiger partial charge in [-0.05, 0) is 37.0 Å². The van der Waals surface area contributed by atoms with E-state index < -0.39 is 0 Å². The predicted octanol–water partition coefficient (Wildman–Crippen LogP) is 3.81. The summed E-state index contributed by atoms with van der Waals surface area (Å²) in [5, 5.41) is 0. The number of aryl methyl sites for hydroxylation is 1. The van der Waals surface area contributed by atoms with Crippen LogP contribution in [0.15, 0.2) is 54.6 Å². The zero-order valence-electron chi connectivity index (χ0n) is 16.2. The summed E-state index contributed by atoms with van der Waals surface area (Å²) >= 11 is 0. The lowest BCUT2D eigenvalue weighted by Gasteiger charge is -2.33. The highest BCUT2D eigenvalue weighted by Crippen LogP contribution is 2.25. The maximum absolute atomic E-state index is 13.1. The maximum atomic E-state index is 13.1. The number of hydrogen-bond donors (Lipinski definition) is 0. The number of ketones is 1. The van der Waals surface area contributed by atoms with Gasteiger partial charge in [0.2, 0.25) is 0 Å². The number of carbonyl (C=O) groups is 2. The van der Waals surface area contributed by atoms with E-state index in [-0.39, 0.29) is 17.6 Å². The third-order valence-corrected chi connectivity index (χ3v) is 5.28. The summed E-state index contributed by atoms with van der Waals surface area (Å²) in [4.78, 5) is 29.6. The molecule has 0 N–H and O–H groups in total. The third-order valence-electron chi connectivity index (χ3n) is 5.28. The first kappa shape index (κ1) is 19.2. The van der Waals surface area contributed by atoms with Gasteiger partial charge in [0.25, 0.3) is 5.91 Å². The average Bonchev–Trinajstić information content (AvgIpc) is 2.72. The van der Waals surface area contributed by atoms with Crippen LogP contribution >= 0.6 is 0 Å². The molecule has 4 nitrogen and oxygen atoms in total. The zero-order chi connectivity index (χ0) is 19.2. The van der Waals surface area contributed by atoms with Crippen LogP contribution in [0.4, 0.5) is 5.69 Å². The summed E-state index contributed by atoms with van der Waals surface area (Å²) in [7, 11) is 3.89. The van der Waals surface area contributed by atoms with Crippen LogP contribution in [0, 0.1) is 5.92 Å². The van der Waals surface area contributed by atoms with Crippen LogP contribution in [0.1, 0.15) is 35.2 Å². The van der Waals surface area contributed by atoms with Gasteiger partial charge < -0.3 is 9.80 Å². The minimum absolute atomic E-state index is 0.0276. The maximum Gasteiger partial charge on any atom is 0.255 e. The van der Waals surface area contributed by atoms with E-state index in [1.807, 2.05) is 66.4 Å². The van der Waals surface area contributed by atoms with Crippen molar-refractivity contribution < 1.29 is 9.59 Å². The van der Waals surface area contributed by atoms with Gasteiger partial charge in [-0.2, -0.15) is 0 Å². The molecule has 2 aromatic rings. The van der Waals surface area contributed by atoms with Gasteiger partial charge >= 0.3 is 0 Å². The molecule has 1 heterocycles. The van der Waals surface area contributed by atoms with Gasteiger partial charge in [-0.15, -0.1) is 0 Å². The number of carbonyl (C=O) groups excluding carboxylic acids is 2. The number of amides is 1. The van der Waals surface area contributed by atoms with Gasteiger partial charge in [0.1, 0.15) is 5.78 Å². The molecule has 1 unspecified atom stereocenters. The zero-order valence-corrected chi connectivity index (χ0v) is 16.2. The minimum Gasteiger partial charge on any atom is -0.377 e. The van der Waals surface area contributed by atoms with E-state index in [4.69, 9.17) is 0 Å². The Balaban J connectivity index is 1.63. The lowest BCUT2D eigenvalue weighted by molar-refractivity contribution is -0.124. The molecule has 0 saturated carbocycles. The Kier molecular flexibility index (Phi) is 6.28. The van der Waals surface area contributed by atoms with E-state index in [1.165, 1.54) is 5.56 Å². The molecule has 0 bridgehead atoms. The molecule has 0 spiro atoms. The quantitative estimate of drug-likeness (QED) is 0.783. The Bertz CT molecular complexity index is 786. The summed E-state index contributed by atoms with van der Waals surface area (Å²) in [6.07, 6.45) is 3.09. The van der Waals surface area contributed by atoms with Crippen molar-refractivity contribution in [3.63, 3.8) is 0 Å². The van der Waals surface area contributed by atoms with Crippen LogP contribution in [0.25, 0.3) is 0 Å². The lowest BCUT2D eigenvalue weighted by Crippen LogP contribution is -2.42. The molecule has 27 heavy (non-hydrogen) atoms. The van der Waals surface area contributed by atoms with Gasteiger partial charge in [0, 0.05) is 45.2 Å². The topological polar surface area (TPSA) is 40.6 Å². The number of piperidine rings is 1. The van der Waals surface area contributed by atoms with E-state index in [1.54, 1.807) is 0 Å². The number of benzene rings is 2. The second-order valence-corrected chi connectivity index (χ2v) is 7.45. The largest absolute Gasteiger partial charge is 0.377 e. The van der Waals surface area contributed by atoms with Crippen molar-refractivity contribution >= 4 is 17.4 Å². The Morgan fingerprint density at radius 3 is 2.48 bits per heavy atom. The molecule has 142 valence electrons. The molecule has 1 amide bonds. The van der Waals surface area contributed by atoms with Gasteiger partial charge in [0.05, 0.1) is 5.56 Å². The number of anilines is 1. The highest BCUT2D eigenvalue weighted by Gasteiger charge is 2.29. The fraction of sp³-hybridized carbons (Fsp3) is 0.391.